The number of carbonyl (C=O) groups is 1. The van der Waals surface area contributed by atoms with Crippen LogP contribution in [0.2, 0.25) is 0 Å². The molecule has 0 saturated heterocycles. The third-order valence-electron chi connectivity index (χ3n) is 4.86. The third-order valence-corrected chi connectivity index (χ3v) is 5.73. The van der Waals surface area contributed by atoms with Gasteiger partial charge in [-0.3, -0.25) is 9.59 Å². The molecule has 0 bridgehead atoms. The van der Waals surface area contributed by atoms with Crippen molar-refractivity contribution in [3.8, 4) is 10.6 Å². The van der Waals surface area contributed by atoms with Gasteiger partial charge in [0, 0.05) is 11.1 Å². The molecule has 1 amide bonds. The molecule has 2 heterocycles. The van der Waals surface area contributed by atoms with Crippen LogP contribution in [0.25, 0.3) is 21.3 Å². The maximum absolute atomic E-state index is 12.9. The maximum Gasteiger partial charge on any atom is 0.275 e. The molecule has 146 valence electrons. The zero-order chi connectivity index (χ0) is 20.5. The van der Waals surface area contributed by atoms with Crippen molar-refractivity contribution in [2.24, 2.45) is 0 Å². The molecular weight excluding hydrogens is 382 g/mol. The molecule has 0 atom stereocenters. The second-order valence-electron chi connectivity index (χ2n) is 7.16. The molecule has 0 fully saturated rings. The minimum atomic E-state index is -0.276. The van der Waals surface area contributed by atoms with Gasteiger partial charge in [0.1, 0.15) is 12.2 Å². The largest absolute Gasteiger partial charge is 0.324 e. The summed E-state index contributed by atoms with van der Waals surface area (Å²) < 4.78 is 1.26. The lowest BCUT2D eigenvalue weighted by molar-refractivity contribution is -0.117. The Morgan fingerprint density at radius 3 is 2.38 bits per heavy atom. The lowest BCUT2D eigenvalue weighted by atomic mass is 10.1. The standard InChI is InChI=1S/C23H21N3O2S/c1-14-11-15(2)21(16(3)12-14)24-20(27)13-26-23(28)18-8-5-4-7-17(18)22(25-26)19-9-6-10-29-19/h4-12H,13H2,1-3H3,(H,24,27). The molecular formula is C23H21N3O2S. The van der Waals surface area contributed by atoms with Crippen LogP contribution in [0.5, 0.6) is 0 Å². The van der Waals surface area contributed by atoms with Crippen molar-refractivity contribution in [2.75, 3.05) is 5.32 Å². The van der Waals surface area contributed by atoms with Crippen LogP contribution in [0.1, 0.15) is 16.7 Å². The number of carbonyl (C=O) groups excluding carboxylic acids is 1. The number of aromatic nitrogens is 2. The zero-order valence-corrected chi connectivity index (χ0v) is 17.3. The average Bonchev–Trinajstić information content (AvgIpc) is 3.21. The molecule has 5 nitrogen and oxygen atoms in total. The summed E-state index contributed by atoms with van der Waals surface area (Å²) in [6.45, 7) is 5.81. The van der Waals surface area contributed by atoms with E-state index in [2.05, 4.69) is 10.4 Å². The first kappa shape index (κ1) is 19.1. The first-order valence-corrected chi connectivity index (χ1v) is 10.2. The van der Waals surface area contributed by atoms with Crippen LogP contribution >= 0.6 is 11.3 Å². The number of hydrogen-bond donors (Lipinski definition) is 1. The number of thiophene rings is 1. The summed E-state index contributed by atoms with van der Waals surface area (Å²) >= 11 is 1.55. The Balaban J connectivity index is 1.72. The SMILES string of the molecule is Cc1cc(C)c(NC(=O)Cn2nc(-c3cccs3)c3ccccc3c2=O)c(C)c1. The fourth-order valence-electron chi connectivity index (χ4n) is 3.63. The van der Waals surface area contributed by atoms with Gasteiger partial charge in [0.05, 0.1) is 10.3 Å². The minimum Gasteiger partial charge on any atom is -0.324 e. The highest BCUT2D eigenvalue weighted by molar-refractivity contribution is 7.13. The van der Waals surface area contributed by atoms with Gasteiger partial charge >= 0.3 is 0 Å². The molecule has 29 heavy (non-hydrogen) atoms. The number of hydrogen-bond acceptors (Lipinski definition) is 4. The molecule has 0 spiro atoms. The zero-order valence-electron chi connectivity index (χ0n) is 16.5. The quantitative estimate of drug-likeness (QED) is 0.538. The highest BCUT2D eigenvalue weighted by atomic mass is 32.1. The molecule has 2 aromatic heterocycles. The smallest absolute Gasteiger partial charge is 0.275 e. The summed E-state index contributed by atoms with van der Waals surface area (Å²) in [5.74, 6) is -0.276. The van der Waals surface area contributed by atoms with Crippen molar-refractivity contribution < 1.29 is 4.79 Å². The van der Waals surface area contributed by atoms with E-state index in [1.54, 1.807) is 17.4 Å². The van der Waals surface area contributed by atoms with Gasteiger partial charge < -0.3 is 5.32 Å². The monoisotopic (exact) mass is 403 g/mol. The molecule has 0 aliphatic carbocycles. The van der Waals surface area contributed by atoms with Gasteiger partial charge in [-0.1, -0.05) is 42.0 Å². The summed E-state index contributed by atoms with van der Waals surface area (Å²) in [6, 6.07) is 15.3. The number of nitrogens with zero attached hydrogens (tertiary/aromatic N) is 2. The van der Waals surface area contributed by atoms with E-state index >= 15 is 0 Å². The summed E-state index contributed by atoms with van der Waals surface area (Å²) in [4.78, 5) is 26.6. The molecule has 4 rings (SSSR count). The molecule has 0 radical (unpaired) electrons. The van der Waals surface area contributed by atoms with Crippen molar-refractivity contribution in [1.82, 2.24) is 9.78 Å². The molecule has 4 aromatic rings. The van der Waals surface area contributed by atoms with Crippen molar-refractivity contribution in [3.63, 3.8) is 0 Å². The molecule has 2 aromatic carbocycles. The normalized spacial score (nSPS) is 11.0. The van der Waals surface area contributed by atoms with Crippen molar-refractivity contribution in [1.29, 1.82) is 0 Å². The van der Waals surface area contributed by atoms with Crippen LogP contribution in [0.15, 0.2) is 58.7 Å². The Labute approximate surface area is 172 Å². The van der Waals surface area contributed by atoms with E-state index in [1.807, 2.05) is 68.6 Å². The van der Waals surface area contributed by atoms with E-state index in [4.69, 9.17) is 0 Å². The fourth-order valence-corrected chi connectivity index (χ4v) is 4.35. The van der Waals surface area contributed by atoms with E-state index in [9.17, 15) is 9.59 Å². The highest BCUT2D eigenvalue weighted by Gasteiger charge is 2.15. The first-order chi connectivity index (χ1) is 13.9. The molecule has 6 heteroatoms. The summed E-state index contributed by atoms with van der Waals surface area (Å²) in [7, 11) is 0. The molecule has 0 saturated carbocycles. The summed E-state index contributed by atoms with van der Waals surface area (Å²) in [5.41, 5.74) is 4.36. The van der Waals surface area contributed by atoms with Gasteiger partial charge in [-0.15, -0.1) is 11.3 Å². The average molecular weight is 404 g/mol. The second kappa shape index (κ2) is 7.64. The highest BCUT2D eigenvalue weighted by Crippen LogP contribution is 2.28. The number of fused-ring (bicyclic) bond motifs is 1. The lowest BCUT2D eigenvalue weighted by Gasteiger charge is -2.14. The molecule has 0 unspecified atom stereocenters. The summed E-state index contributed by atoms with van der Waals surface area (Å²) in [6.07, 6.45) is 0. The van der Waals surface area contributed by atoms with Gasteiger partial charge in [0.15, 0.2) is 0 Å². The Morgan fingerprint density at radius 1 is 1.03 bits per heavy atom. The van der Waals surface area contributed by atoms with Crippen LogP contribution in [0.3, 0.4) is 0 Å². The molecule has 0 aliphatic rings. The van der Waals surface area contributed by atoms with Crippen LogP contribution in [0, 0.1) is 20.8 Å². The fraction of sp³-hybridized carbons (Fsp3) is 0.174. The van der Waals surface area contributed by atoms with Crippen LogP contribution in [-0.2, 0) is 11.3 Å². The van der Waals surface area contributed by atoms with Crippen LogP contribution < -0.4 is 10.9 Å². The molecule has 0 aliphatic heterocycles. The van der Waals surface area contributed by atoms with E-state index in [0.717, 1.165) is 32.6 Å². The van der Waals surface area contributed by atoms with E-state index in [0.29, 0.717) is 11.1 Å². The lowest BCUT2D eigenvalue weighted by Crippen LogP contribution is -2.30. The van der Waals surface area contributed by atoms with Crippen LogP contribution in [0.4, 0.5) is 5.69 Å². The number of nitrogens with one attached hydrogen (secondary N) is 1. The number of amides is 1. The number of benzene rings is 2. The Morgan fingerprint density at radius 2 is 1.72 bits per heavy atom. The first-order valence-electron chi connectivity index (χ1n) is 9.35. The summed E-state index contributed by atoms with van der Waals surface area (Å²) in [5, 5.41) is 10.8. The Bertz CT molecular complexity index is 1250. The second-order valence-corrected chi connectivity index (χ2v) is 8.10. The van der Waals surface area contributed by atoms with Crippen molar-refractivity contribution in [3.05, 3.63) is 81.0 Å². The predicted octanol–water partition coefficient (Wildman–Crippen LogP) is 4.69. The Hall–Kier alpha value is -3.25. The molecule has 1 N–H and O–H groups in total. The van der Waals surface area contributed by atoms with E-state index in [1.165, 1.54) is 4.68 Å². The minimum absolute atomic E-state index is 0.144. The number of aryl methyl sites for hydroxylation is 3. The van der Waals surface area contributed by atoms with Gasteiger partial charge in [-0.05, 0) is 49.4 Å². The van der Waals surface area contributed by atoms with Crippen molar-refractivity contribution >= 4 is 33.7 Å². The van der Waals surface area contributed by atoms with E-state index in [-0.39, 0.29) is 18.0 Å². The van der Waals surface area contributed by atoms with Gasteiger partial charge in [0.25, 0.3) is 5.56 Å². The van der Waals surface area contributed by atoms with Gasteiger partial charge in [0.2, 0.25) is 5.91 Å². The predicted molar refractivity (Wildman–Crippen MR) is 119 cm³/mol. The van der Waals surface area contributed by atoms with Gasteiger partial charge in [-0.2, -0.15) is 5.10 Å². The third kappa shape index (κ3) is 3.71. The maximum atomic E-state index is 12.9. The Kier molecular flexibility index (Phi) is 5.03. The number of rotatable bonds is 4. The van der Waals surface area contributed by atoms with Gasteiger partial charge in [-0.25, -0.2) is 4.68 Å². The van der Waals surface area contributed by atoms with Crippen molar-refractivity contribution in [2.45, 2.75) is 27.3 Å². The topological polar surface area (TPSA) is 64.0 Å². The van der Waals surface area contributed by atoms with Crippen LogP contribution in [-0.4, -0.2) is 15.7 Å². The number of anilines is 1. The van der Waals surface area contributed by atoms with E-state index < -0.39 is 0 Å².